The molecule has 1 heterocycles. The predicted molar refractivity (Wildman–Crippen MR) is 61.8 cm³/mol. The summed E-state index contributed by atoms with van der Waals surface area (Å²) in [4.78, 5) is 0. The van der Waals surface area contributed by atoms with Gasteiger partial charge in [0.2, 0.25) is 0 Å². The fraction of sp³-hybridized carbons (Fsp3) is 1.00. The fourth-order valence-corrected chi connectivity index (χ4v) is 2.69. The SMILES string of the molecule is NC1CCC(NCCC2CCCCO2)C1. The lowest BCUT2D eigenvalue weighted by atomic mass is 10.1. The zero-order valence-corrected chi connectivity index (χ0v) is 9.58. The van der Waals surface area contributed by atoms with Crippen LogP contribution >= 0.6 is 0 Å². The highest BCUT2D eigenvalue weighted by atomic mass is 16.5. The summed E-state index contributed by atoms with van der Waals surface area (Å²) in [5.41, 5.74) is 5.87. The average Bonchev–Trinajstić information content (AvgIpc) is 2.66. The zero-order valence-electron chi connectivity index (χ0n) is 9.58. The largest absolute Gasteiger partial charge is 0.378 e. The van der Waals surface area contributed by atoms with E-state index in [1.54, 1.807) is 0 Å². The Labute approximate surface area is 92.7 Å². The van der Waals surface area contributed by atoms with E-state index in [4.69, 9.17) is 10.5 Å². The molecule has 0 aromatic heterocycles. The third-order valence-corrected chi connectivity index (χ3v) is 3.65. The van der Waals surface area contributed by atoms with Crippen molar-refractivity contribution >= 4 is 0 Å². The van der Waals surface area contributed by atoms with Crippen molar-refractivity contribution in [3.63, 3.8) is 0 Å². The molecule has 2 fully saturated rings. The molecule has 0 aromatic rings. The van der Waals surface area contributed by atoms with Crippen LogP contribution in [-0.2, 0) is 4.74 Å². The molecule has 3 unspecified atom stereocenters. The van der Waals surface area contributed by atoms with Crippen LogP contribution in [0.4, 0.5) is 0 Å². The second kappa shape index (κ2) is 5.83. The Morgan fingerprint density at radius 2 is 2.13 bits per heavy atom. The Bertz CT molecular complexity index is 176. The number of hydrogen-bond acceptors (Lipinski definition) is 3. The predicted octanol–water partition coefficient (Wildman–Crippen LogP) is 1.41. The number of nitrogens with one attached hydrogen (secondary N) is 1. The highest BCUT2D eigenvalue weighted by Crippen LogP contribution is 2.18. The Balaban J connectivity index is 1.54. The van der Waals surface area contributed by atoms with Crippen LogP contribution in [0.2, 0.25) is 0 Å². The molecule has 1 aliphatic carbocycles. The fourth-order valence-electron chi connectivity index (χ4n) is 2.69. The maximum atomic E-state index is 5.87. The molecular formula is C12H24N2O. The van der Waals surface area contributed by atoms with E-state index in [0.717, 1.165) is 19.6 Å². The third kappa shape index (κ3) is 3.74. The van der Waals surface area contributed by atoms with Crippen molar-refractivity contribution in [1.82, 2.24) is 5.32 Å². The molecule has 88 valence electrons. The van der Waals surface area contributed by atoms with E-state index in [2.05, 4.69) is 5.32 Å². The summed E-state index contributed by atoms with van der Waals surface area (Å²) in [7, 11) is 0. The van der Waals surface area contributed by atoms with E-state index < -0.39 is 0 Å². The van der Waals surface area contributed by atoms with Gasteiger partial charge < -0.3 is 15.8 Å². The normalized spacial score (nSPS) is 37.0. The van der Waals surface area contributed by atoms with Crippen LogP contribution in [0.15, 0.2) is 0 Å². The molecular weight excluding hydrogens is 188 g/mol. The van der Waals surface area contributed by atoms with Crippen molar-refractivity contribution in [3.05, 3.63) is 0 Å². The van der Waals surface area contributed by atoms with Gasteiger partial charge in [-0.25, -0.2) is 0 Å². The maximum Gasteiger partial charge on any atom is 0.0587 e. The van der Waals surface area contributed by atoms with Gasteiger partial charge in [-0.05, 0) is 51.5 Å². The van der Waals surface area contributed by atoms with Crippen LogP contribution in [0, 0.1) is 0 Å². The minimum absolute atomic E-state index is 0.438. The zero-order chi connectivity index (χ0) is 10.5. The third-order valence-electron chi connectivity index (χ3n) is 3.65. The molecule has 3 N–H and O–H groups in total. The summed E-state index contributed by atoms with van der Waals surface area (Å²) in [6.07, 6.45) is 9.15. The Morgan fingerprint density at radius 3 is 2.80 bits per heavy atom. The van der Waals surface area contributed by atoms with Gasteiger partial charge in [-0.3, -0.25) is 0 Å². The van der Waals surface area contributed by atoms with Crippen molar-refractivity contribution in [1.29, 1.82) is 0 Å². The Hall–Kier alpha value is -0.120. The lowest BCUT2D eigenvalue weighted by Crippen LogP contribution is -2.32. The van der Waals surface area contributed by atoms with Crippen LogP contribution in [0.3, 0.4) is 0 Å². The Kier molecular flexibility index (Phi) is 4.42. The summed E-state index contributed by atoms with van der Waals surface area (Å²) in [5.74, 6) is 0. The van der Waals surface area contributed by atoms with Gasteiger partial charge in [0.05, 0.1) is 6.10 Å². The Morgan fingerprint density at radius 1 is 1.20 bits per heavy atom. The summed E-state index contributed by atoms with van der Waals surface area (Å²) in [6.45, 7) is 2.07. The van der Waals surface area contributed by atoms with Crippen molar-refractivity contribution in [2.75, 3.05) is 13.2 Å². The van der Waals surface area contributed by atoms with Crippen molar-refractivity contribution in [2.24, 2.45) is 5.73 Å². The molecule has 3 heteroatoms. The number of hydrogen-bond donors (Lipinski definition) is 2. The van der Waals surface area contributed by atoms with Crippen molar-refractivity contribution in [3.8, 4) is 0 Å². The van der Waals surface area contributed by atoms with E-state index in [0.29, 0.717) is 18.2 Å². The lowest BCUT2D eigenvalue weighted by Gasteiger charge is -2.23. The monoisotopic (exact) mass is 212 g/mol. The van der Waals surface area contributed by atoms with Gasteiger partial charge in [0.1, 0.15) is 0 Å². The van der Waals surface area contributed by atoms with E-state index in [9.17, 15) is 0 Å². The molecule has 0 radical (unpaired) electrons. The summed E-state index contributed by atoms with van der Waals surface area (Å²) >= 11 is 0. The molecule has 0 aromatic carbocycles. The molecule has 3 nitrogen and oxygen atoms in total. The standard InChI is InChI=1S/C12H24N2O/c13-10-4-5-11(9-10)14-7-6-12-3-1-2-8-15-12/h10-12,14H,1-9,13H2. The van der Waals surface area contributed by atoms with Crippen LogP contribution in [0.25, 0.3) is 0 Å². The van der Waals surface area contributed by atoms with Gasteiger partial charge >= 0.3 is 0 Å². The quantitative estimate of drug-likeness (QED) is 0.741. The van der Waals surface area contributed by atoms with Crippen LogP contribution in [-0.4, -0.2) is 31.3 Å². The van der Waals surface area contributed by atoms with Crippen LogP contribution < -0.4 is 11.1 Å². The molecule has 0 bridgehead atoms. The number of nitrogens with two attached hydrogens (primary N) is 1. The molecule has 1 aliphatic heterocycles. The number of rotatable bonds is 4. The summed E-state index contributed by atoms with van der Waals surface area (Å²) < 4.78 is 5.70. The van der Waals surface area contributed by atoms with Gasteiger partial charge in [0.15, 0.2) is 0 Å². The smallest absolute Gasteiger partial charge is 0.0587 e. The van der Waals surface area contributed by atoms with Crippen molar-refractivity contribution in [2.45, 2.75) is 63.1 Å². The van der Waals surface area contributed by atoms with E-state index in [1.807, 2.05) is 0 Å². The van der Waals surface area contributed by atoms with Crippen LogP contribution in [0.1, 0.15) is 44.9 Å². The lowest BCUT2D eigenvalue weighted by molar-refractivity contribution is 0.0112. The highest BCUT2D eigenvalue weighted by molar-refractivity contribution is 4.82. The second-order valence-corrected chi connectivity index (χ2v) is 5.00. The minimum atomic E-state index is 0.438. The van der Waals surface area contributed by atoms with Gasteiger partial charge in [0.25, 0.3) is 0 Å². The first-order chi connectivity index (χ1) is 7.34. The van der Waals surface area contributed by atoms with Crippen LogP contribution in [0.5, 0.6) is 0 Å². The molecule has 0 amide bonds. The topological polar surface area (TPSA) is 47.3 Å². The second-order valence-electron chi connectivity index (χ2n) is 5.00. The first-order valence-electron chi connectivity index (χ1n) is 6.45. The molecule has 2 rings (SSSR count). The average molecular weight is 212 g/mol. The van der Waals surface area contributed by atoms with Crippen molar-refractivity contribution < 1.29 is 4.74 Å². The molecule has 2 aliphatic rings. The molecule has 0 spiro atoms. The minimum Gasteiger partial charge on any atom is -0.378 e. The van der Waals surface area contributed by atoms with E-state index in [-0.39, 0.29) is 0 Å². The molecule has 1 saturated carbocycles. The van der Waals surface area contributed by atoms with Gasteiger partial charge in [0, 0.05) is 18.7 Å². The first kappa shape index (κ1) is 11.4. The summed E-state index contributed by atoms with van der Waals surface area (Å²) in [5, 5.41) is 3.60. The van der Waals surface area contributed by atoms with E-state index >= 15 is 0 Å². The maximum absolute atomic E-state index is 5.87. The van der Waals surface area contributed by atoms with Gasteiger partial charge in [-0.2, -0.15) is 0 Å². The molecule has 3 atom stereocenters. The van der Waals surface area contributed by atoms with E-state index in [1.165, 1.54) is 38.5 Å². The van der Waals surface area contributed by atoms with Gasteiger partial charge in [-0.15, -0.1) is 0 Å². The molecule has 1 saturated heterocycles. The number of ether oxygens (including phenoxy) is 1. The summed E-state index contributed by atoms with van der Waals surface area (Å²) in [6, 6.07) is 1.11. The highest BCUT2D eigenvalue weighted by Gasteiger charge is 2.21. The first-order valence-corrected chi connectivity index (χ1v) is 6.45. The molecule has 15 heavy (non-hydrogen) atoms. The van der Waals surface area contributed by atoms with Gasteiger partial charge in [-0.1, -0.05) is 0 Å².